The molecule has 2 N–H and O–H groups in total. The number of aromatic nitrogens is 5. The second kappa shape index (κ2) is 9.70. The van der Waals surface area contributed by atoms with Gasteiger partial charge in [-0.3, -0.25) is 4.98 Å². The Morgan fingerprint density at radius 2 is 1.77 bits per heavy atom. The van der Waals surface area contributed by atoms with Crippen molar-refractivity contribution in [3.63, 3.8) is 0 Å². The molecule has 10 heteroatoms. The molecule has 0 amide bonds. The number of aromatic hydroxyl groups is 1. The van der Waals surface area contributed by atoms with Gasteiger partial charge in [-0.15, -0.1) is 0 Å². The van der Waals surface area contributed by atoms with E-state index in [-0.39, 0.29) is 29.6 Å². The van der Waals surface area contributed by atoms with Crippen molar-refractivity contribution in [2.75, 3.05) is 24.6 Å². The molecule has 2 saturated heterocycles. The smallest absolute Gasteiger partial charge is 0.319 e. The van der Waals surface area contributed by atoms with E-state index in [0.29, 0.717) is 41.1 Å². The van der Waals surface area contributed by atoms with Crippen LogP contribution in [0.2, 0.25) is 0 Å². The molecule has 2 unspecified atom stereocenters. The predicted octanol–water partition coefficient (Wildman–Crippen LogP) is 4.04. The van der Waals surface area contributed by atoms with Crippen molar-refractivity contribution < 1.29 is 14.2 Å². The highest BCUT2D eigenvalue weighted by Crippen LogP contribution is 2.37. The van der Waals surface area contributed by atoms with Crippen LogP contribution in [0.1, 0.15) is 18.7 Å². The fourth-order valence-corrected chi connectivity index (χ4v) is 5.67. The Hall–Kier alpha value is -4.44. The second-order valence-electron chi connectivity index (χ2n) is 10.0. The first-order chi connectivity index (χ1) is 19.1. The van der Waals surface area contributed by atoms with Crippen molar-refractivity contribution in [3.8, 4) is 23.0 Å². The predicted molar refractivity (Wildman–Crippen MR) is 145 cm³/mol. The number of piperazine rings is 1. The standard InChI is InChI=1S/C29H26FN7O2/c30-25-26(22-13-20(38)12-17-4-1-2-5-21(17)22)33-14-23-27(25)35-29(39-11-8-24-31-9-3-10-32-24)36-28(23)37-15-18-6-7-19(16-37)34-18/h1-5,9-10,12-14,18-19,34,38H,6-8,11,15-16H2. The van der Waals surface area contributed by atoms with Crippen LogP contribution >= 0.6 is 0 Å². The number of rotatable bonds is 6. The molecule has 2 atom stereocenters. The van der Waals surface area contributed by atoms with Gasteiger partial charge in [0, 0.05) is 55.7 Å². The lowest BCUT2D eigenvalue weighted by atomic mass is 10.0. The lowest BCUT2D eigenvalue weighted by Gasteiger charge is -2.34. The summed E-state index contributed by atoms with van der Waals surface area (Å²) in [5.41, 5.74) is 0.742. The first kappa shape index (κ1) is 23.7. The highest BCUT2D eigenvalue weighted by molar-refractivity contribution is 5.99. The van der Waals surface area contributed by atoms with Gasteiger partial charge in [-0.05, 0) is 41.8 Å². The van der Waals surface area contributed by atoms with E-state index >= 15 is 4.39 Å². The summed E-state index contributed by atoms with van der Waals surface area (Å²) in [7, 11) is 0. The van der Waals surface area contributed by atoms with Gasteiger partial charge in [0.25, 0.3) is 0 Å². The average molecular weight is 524 g/mol. The summed E-state index contributed by atoms with van der Waals surface area (Å²) in [5, 5.41) is 16.1. The van der Waals surface area contributed by atoms with Crippen LogP contribution in [0, 0.1) is 5.82 Å². The molecule has 9 nitrogen and oxygen atoms in total. The number of phenols is 1. The minimum absolute atomic E-state index is 0.0387. The fourth-order valence-electron chi connectivity index (χ4n) is 5.67. The molecule has 3 aromatic heterocycles. The van der Waals surface area contributed by atoms with Crippen molar-refractivity contribution in [1.82, 2.24) is 30.2 Å². The van der Waals surface area contributed by atoms with Gasteiger partial charge in [-0.2, -0.15) is 9.97 Å². The zero-order valence-electron chi connectivity index (χ0n) is 21.1. The van der Waals surface area contributed by atoms with Crippen LogP contribution in [0.15, 0.2) is 61.1 Å². The van der Waals surface area contributed by atoms with E-state index < -0.39 is 5.82 Å². The van der Waals surface area contributed by atoms with Gasteiger partial charge in [0.05, 0.1) is 12.0 Å². The topological polar surface area (TPSA) is 109 Å². The maximum atomic E-state index is 16.4. The van der Waals surface area contributed by atoms with Crippen LogP contribution in [0.4, 0.5) is 10.2 Å². The highest BCUT2D eigenvalue weighted by atomic mass is 19.1. The lowest BCUT2D eigenvalue weighted by molar-refractivity contribution is 0.294. The third-order valence-corrected chi connectivity index (χ3v) is 7.44. The number of hydrogen-bond acceptors (Lipinski definition) is 9. The van der Waals surface area contributed by atoms with Crippen molar-refractivity contribution in [2.24, 2.45) is 0 Å². The monoisotopic (exact) mass is 523 g/mol. The minimum atomic E-state index is -0.582. The largest absolute Gasteiger partial charge is 0.508 e. The van der Waals surface area contributed by atoms with Crippen LogP contribution in [-0.2, 0) is 6.42 Å². The molecule has 0 aliphatic carbocycles. The van der Waals surface area contributed by atoms with E-state index in [1.165, 1.54) is 6.07 Å². The molecule has 2 aliphatic heterocycles. The molecule has 2 bridgehead atoms. The van der Waals surface area contributed by atoms with Crippen molar-refractivity contribution in [3.05, 3.63) is 72.7 Å². The van der Waals surface area contributed by atoms with Gasteiger partial charge >= 0.3 is 6.01 Å². The maximum absolute atomic E-state index is 16.4. The molecule has 5 aromatic rings. The number of anilines is 1. The third-order valence-electron chi connectivity index (χ3n) is 7.44. The molecule has 2 fully saturated rings. The summed E-state index contributed by atoms with van der Waals surface area (Å²) in [6.45, 7) is 1.78. The van der Waals surface area contributed by atoms with Crippen LogP contribution in [0.3, 0.4) is 0 Å². The summed E-state index contributed by atoms with van der Waals surface area (Å²) in [6, 6.07) is 13.3. The van der Waals surface area contributed by atoms with Gasteiger partial charge in [0.2, 0.25) is 0 Å². The lowest BCUT2D eigenvalue weighted by Crippen LogP contribution is -2.51. The van der Waals surface area contributed by atoms with Crippen LogP contribution < -0.4 is 15.0 Å². The number of halogens is 1. The van der Waals surface area contributed by atoms with Gasteiger partial charge in [-0.25, -0.2) is 14.4 Å². The van der Waals surface area contributed by atoms with E-state index in [0.717, 1.165) is 36.7 Å². The van der Waals surface area contributed by atoms with E-state index in [1.54, 1.807) is 30.7 Å². The normalized spacial score (nSPS) is 18.6. The van der Waals surface area contributed by atoms with Crippen LogP contribution in [-0.4, -0.2) is 61.8 Å². The molecule has 0 radical (unpaired) electrons. The molecule has 39 heavy (non-hydrogen) atoms. The summed E-state index contributed by atoms with van der Waals surface area (Å²) in [6.07, 6.45) is 7.67. The van der Waals surface area contributed by atoms with Gasteiger partial charge in [-0.1, -0.05) is 24.3 Å². The molecule has 2 aliphatic rings. The first-order valence-corrected chi connectivity index (χ1v) is 13.1. The quantitative estimate of drug-likeness (QED) is 0.341. The van der Waals surface area contributed by atoms with Crippen LogP contribution in [0.25, 0.3) is 32.9 Å². The molecular weight excluding hydrogens is 497 g/mol. The fraction of sp³-hybridized carbons (Fsp3) is 0.276. The number of benzene rings is 2. The van der Waals surface area contributed by atoms with Gasteiger partial charge in [0.15, 0.2) is 5.82 Å². The van der Waals surface area contributed by atoms with Crippen molar-refractivity contribution in [1.29, 1.82) is 0 Å². The molecular formula is C29H26FN7O2. The Kier molecular flexibility index (Phi) is 5.89. The number of nitrogens with zero attached hydrogens (tertiary/aromatic N) is 6. The van der Waals surface area contributed by atoms with Gasteiger partial charge < -0.3 is 20.1 Å². The number of phenolic OH excluding ortho intramolecular Hbond substituents is 1. The summed E-state index contributed by atoms with van der Waals surface area (Å²) < 4.78 is 22.3. The third kappa shape index (κ3) is 4.46. The van der Waals surface area contributed by atoms with E-state index in [4.69, 9.17) is 9.72 Å². The van der Waals surface area contributed by atoms with Crippen LogP contribution in [0.5, 0.6) is 11.8 Å². The molecule has 2 aromatic carbocycles. The number of pyridine rings is 1. The first-order valence-electron chi connectivity index (χ1n) is 13.1. The molecule has 5 heterocycles. The summed E-state index contributed by atoms with van der Waals surface area (Å²) in [4.78, 5) is 24.4. The number of nitrogens with one attached hydrogen (secondary N) is 1. The zero-order chi connectivity index (χ0) is 26.3. The average Bonchev–Trinajstić information content (AvgIpc) is 3.30. The SMILES string of the molecule is Oc1cc(-c2ncc3c(N4CC5CCC(C4)N5)nc(OCCc4ncccn4)nc3c2F)c2ccccc2c1. The van der Waals surface area contributed by atoms with Gasteiger partial charge in [0.1, 0.15) is 28.6 Å². The maximum Gasteiger partial charge on any atom is 0.319 e. The van der Waals surface area contributed by atoms with E-state index in [9.17, 15) is 5.11 Å². The number of ether oxygens (including phenoxy) is 1. The molecule has 196 valence electrons. The number of fused-ring (bicyclic) bond motifs is 4. The second-order valence-corrected chi connectivity index (χ2v) is 10.0. The molecule has 7 rings (SSSR count). The Morgan fingerprint density at radius 3 is 2.59 bits per heavy atom. The van der Waals surface area contributed by atoms with Crippen molar-refractivity contribution in [2.45, 2.75) is 31.3 Å². The zero-order valence-corrected chi connectivity index (χ0v) is 21.1. The Labute approximate surface area is 223 Å². The Bertz CT molecular complexity index is 1670. The molecule has 0 saturated carbocycles. The number of hydrogen-bond donors (Lipinski definition) is 2. The summed E-state index contributed by atoms with van der Waals surface area (Å²) >= 11 is 0. The van der Waals surface area contributed by atoms with Crippen molar-refractivity contribution >= 4 is 27.5 Å². The highest BCUT2D eigenvalue weighted by Gasteiger charge is 2.34. The molecule has 0 spiro atoms. The Morgan fingerprint density at radius 1 is 0.974 bits per heavy atom. The van der Waals surface area contributed by atoms with E-state index in [2.05, 4.69) is 30.2 Å². The van der Waals surface area contributed by atoms with E-state index in [1.807, 2.05) is 24.3 Å². The minimum Gasteiger partial charge on any atom is -0.508 e. The summed E-state index contributed by atoms with van der Waals surface area (Å²) in [5.74, 6) is 0.715. The Balaban J connectivity index is 1.33.